The molecule has 0 aromatic heterocycles. The quantitative estimate of drug-likeness (QED) is 0.819. The van der Waals surface area contributed by atoms with Crippen molar-refractivity contribution in [1.82, 2.24) is 0 Å². The van der Waals surface area contributed by atoms with Crippen LogP contribution in [0.15, 0.2) is 35.7 Å². The second-order valence-electron chi connectivity index (χ2n) is 4.48. The van der Waals surface area contributed by atoms with Gasteiger partial charge in [-0.15, -0.1) is 0 Å². The third-order valence-corrected chi connectivity index (χ3v) is 5.47. The molecule has 0 spiro atoms. The first kappa shape index (κ1) is 14.9. The molecule has 0 aliphatic carbocycles. The van der Waals surface area contributed by atoms with Crippen LogP contribution in [0.4, 0.5) is 5.69 Å². The zero-order valence-corrected chi connectivity index (χ0v) is 12.7. The lowest BCUT2D eigenvalue weighted by atomic mass is 10.2. The number of benzene rings is 1. The van der Waals surface area contributed by atoms with E-state index < -0.39 is 25.9 Å². The smallest absolute Gasteiger partial charge is 0.232 e. The van der Waals surface area contributed by atoms with Crippen LogP contribution in [0.1, 0.15) is 0 Å². The highest BCUT2D eigenvalue weighted by atomic mass is 32.2. The highest BCUT2D eigenvalue weighted by molar-refractivity contribution is 7.95. The van der Waals surface area contributed by atoms with Crippen LogP contribution in [0.3, 0.4) is 0 Å². The van der Waals surface area contributed by atoms with E-state index >= 15 is 0 Å². The van der Waals surface area contributed by atoms with Crippen molar-refractivity contribution in [1.29, 1.82) is 0 Å². The van der Waals surface area contributed by atoms with Crippen molar-refractivity contribution < 1.29 is 21.6 Å². The fourth-order valence-corrected chi connectivity index (χ4v) is 4.57. The van der Waals surface area contributed by atoms with E-state index in [-0.39, 0.29) is 5.75 Å². The largest absolute Gasteiger partial charge is 0.497 e. The highest BCUT2D eigenvalue weighted by Crippen LogP contribution is 2.27. The topological polar surface area (TPSA) is 80.8 Å². The molecule has 1 aliphatic heterocycles. The van der Waals surface area contributed by atoms with Crippen LogP contribution in [0.5, 0.6) is 5.75 Å². The summed E-state index contributed by atoms with van der Waals surface area (Å²) in [5.74, 6) is 0.350. The fraction of sp³-hybridized carbons (Fsp3) is 0.333. The molecule has 1 aromatic rings. The number of ether oxygens (including phenoxy) is 1. The van der Waals surface area contributed by atoms with E-state index in [0.717, 1.165) is 16.0 Å². The highest BCUT2D eigenvalue weighted by Gasteiger charge is 2.32. The molecule has 8 heteroatoms. The van der Waals surface area contributed by atoms with E-state index in [0.29, 0.717) is 11.4 Å². The number of anilines is 1. The Labute approximate surface area is 118 Å². The van der Waals surface area contributed by atoms with E-state index in [1.165, 1.54) is 13.2 Å². The molecule has 0 fully saturated rings. The van der Waals surface area contributed by atoms with Crippen LogP contribution in [-0.2, 0) is 19.9 Å². The Morgan fingerprint density at radius 1 is 1.25 bits per heavy atom. The molecule has 0 N–H and O–H groups in total. The molecule has 20 heavy (non-hydrogen) atoms. The molecule has 1 heterocycles. The lowest BCUT2D eigenvalue weighted by Crippen LogP contribution is -2.40. The molecule has 0 saturated heterocycles. The minimum atomic E-state index is -3.59. The zero-order chi connectivity index (χ0) is 15.0. The molecule has 1 atom stereocenters. The number of sulfone groups is 1. The van der Waals surface area contributed by atoms with Gasteiger partial charge in [-0.3, -0.25) is 4.31 Å². The molecule has 0 unspecified atom stereocenters. The maximum atomic E-state index is 12.0. The third kappa shape index (κ3) is 3.13. The number of nitrogens with zero attached hydrogens (tertiary/aromatic N) is 1. The van der Waals surface area contributed by atoms with E-state index in [4.69, 9.17) is 4.74 Å². The minimum Gasteiger partial charge on any atom is -0.497 e. The summed E-state index contributed by atoms with van der Waals surface area (Å²) in [6, 6.07) is 5.70. The van der Waals surface area contributed by atoms with Crippen LogP contribution >= 0.6 is 0 Å². The Kier molecular flexibility index (Phi) is 3.79. The average Bonchev–Trinajstić information content (AvgIpc) is 2.69. The van der Waals surface area contributed by atoms with Crippen LogP contribution in [0.25, 0.3) is 0 Å². The molecule has 0 radical (unpaired) electrons. The van der Waals surface area contributed by atoms with Crippen molar-refractivity contribution in [3.8, 4) is 5.75 Å². The summed E-state index contributed by atoms with van der Waals surface area (Å²) < 4.78 is 53.0. The Hall–Kier alpha value is -1.54. The van der Waals surface area contributed by atoms with E-state index in [9.17, 15) is 16.8 Å². The van der Waals surface area contributed by atoms with Crippen LogP contribution in [-0.4, -0.2) is 42.0 Å². The first-order valence-electron chi connectivity index (χ1n) is 5.77. The molecule has 0 saturated carbocycles. The summed E-state index contributed by atoms with van der Waals surface area (Å²) in [6.45, 7) is 0. The molecule has 2 rings (SSSR count). The normalized spacial score (nSPS) is 20.8. The number of methoxy groups -OCH3 is 1. The van der Waals surface area contributed by atoms with Gasteiger partial charge in [0.1, 0.15) is 5.75 Å². The van der Waals surface area contributed by atoms with E-state index in [2.05, 4.69) is 0 Å². The van der Waals surface area contributed by atoms with Gasteiger partial charge in [0.05, 0.1) is 30.8 Å². The van der Waals surface area contributed by atoms with Gasteiger partial charge in [-0.1, -0.05) is 0 Å². The Morgan fingerprint density at radius 2 is 1.85 bits per heavy atom. The van der Waals surface area contributed by atoms with Gasteiger partial charge in [0.25, 0.3) is 0 Å². The van der Waals surface area contributed by atoms with Crippen molar-refractivity contribution in [2.75, 3.05) is 23.4 Å². The summed E-state index contributed by atoms with van der Waals surface area (Å²) in [5, 5.41) is 1.05. The van der Waals surface area contributed by atoms with Gasteiger partial charge in [0.2, 0.25) is 10.0 Å². The van der Waals surface area contributed by atoms with Gasteiger partial charge in [-0.05, 0) is 30.3 Å². The maximum absolute atomic E-state index is 12.0. The minimum absolute atomic E-state index is 0.244. The number of sulfonamides is 1. The van der Waals surface area contributed by atoms with Gasteiger partial charge >= 0.3 is 0 Å². The van der Waals surface area contributed by atoms with Crippen molar-refractivity contribution in [2.45, 2.75) is 6.04 Å². The monoisotopic (exact) mass is 317 g/mol. The molecular formula is C12H15NO5S2. The summed E-state index contributed by atoms with van der Waals surface area (Å²) in [7, 11) is -5.42. The van der Waals surface area contributed by atoms with Crippen molar-refractivity contribution >= 4 is 25.5 Å². The lowest BCUT2D eigenvalue weighted by Gasteiger charge is -2.27. The SMILES string of the molecule is COc1ccc(N([C@@H]2C=CS(=O)(=O)C2)S(C)(=O)=O)cc1. The first-order valence-corrected chi connectivity index (χ1v) is 9.34. The molecule has 6 nitrogen and oxygen atoms in total. The second kappa shape index (κ2) is 5.10. The van der Waals surface area contributed by atoms with Crippen LogP contribution in [0.2, 0.25) is 0 Å². The van der Waals surface area contributed by atoms with Crippen molar-refractivity contribution in [3.63, 3.8) is 0 Å². The summed E-state index contributed by atoms with van der Waals surface area (Å²) in [6.07, 6.45) is 2.44. The third-order valence-electron chi connectivity index (χ3n) is 2.90. The fourth-order valence-electron chi connectivity index (χ4n) is 2.06. The first-order chi connectivity index (χ1) is 9.23. The van der Waals surface area contributed by atoms with E-state index in [1.807, 2.05) is 0 Å². The standard InChI is InChI=1S/C12H15NO5S2/c1-18-12-5-3-10(4-6-12)13(19(2,14)15)11-7-8-20(16,17)9-11/h3-8,11H,9H2,1-2H3/t11-/m1/s1. The van der Waals surface area contributed by atoms with Crippen LogP contribution < -0.4 is 9.04 Å². The number of hydrogen-bond donors (Lipinski definition) is 0. The molecule has 110 valence electrons. The molecule has 0 amide bonds. The summed E-state index contributed by atoms with van der Waals surface area (Å²) in [5.41, 5.74) is 0.403. The van der Waals surface area contributed by atoms with Crippen molar-refractivity contribution in [3.05, 3.63) is 35.7 Å². The van der Waals surface area contributed by atoms with Crippen LogP contribution in [0, 0.1) is 0 Å². The second-order valence-corrected chi connectivity index (χ2v) is 8.27. The number of hydrogen-bond acceptors (Lipinski definition) is 5. The number of rotatable bonds is 4. The van der Waals surface area contributed by atoms with Crippen molar-refractivity contribution in [2.24, 2.45) is 0 Å². The van der Waals surface area contributed by atoms with Gasteiger partial charge < -0.3 is 4.74 Å². The van der Waals surface area contributed by atoms with E-state index in [1.54, 1.807) is 24.3 Å². The molecule has 1 aliphatic rings. The predicted octanol–water partition coefficient (Wildman–Crippen LogP) is 0.772. The average molecular weight is 317 g/mol. The van der Waals surface area contributed by atoms with Gasteiger partial charge in [0.15, 0.2) is 9.84 Å². The molecule has 1 aromatic carbocycles. The van der Waals surface area contributed by atoms with Gasteiger partial charge in [-0.25, -0.2) is 16.8 Å². The van der Waals surface area contributed by atoms with Gasteiger partial charge in [-0.2, -0.15) is 0 Å². The Bertz CT molecular complexity index is 720. The summed E-state index contributed by atoms with van der Waals surface area (Å²) >= 11 is 0. The summed E-state index contributed by atoms with van der Waals surface area (Å²) in [4.78, 5) is 0. The van der Waals surface area contributed by atoms with Gasteiger partial charge in [0, 0.05) is 5.41 Å². The zero-order valence-electron chi connectivity index (χ0n) is 11.1. The predicted molar refractivity (Wildman–Crippen MR) is 77.0 cm³/mol. The molecular weight excluding hydrogens is 302 g/mol. The Balaban J connectivity index is 2.41. The molecule has 0 bridgehead atoms. The Morgan fingerprint density at radius 3 is 2.25 bits per heavy atom. The maximum Gasteiger partial charge on any atom is 0.232 e. The lowest BCUT2D eigenvalue weighted by molar-refractivity contribution is 0.415.